The minimum absolute atomic E-state index is 0.195. The van der Waals surface area contributed by atoms with Crippen LogP contribution in [0.25, 0.3) is 0 Å². The summed E-state index contributed by atoms with van der Waals surface area (Å²) in [6, 6.07) is -0.243. The summed E-state index contributed by atoms with van der Waals surface area (Å²) in [6.45, 7) is 7.52. The van der Waals surface area contributed by atoms with Crippen LogP contribution < -0.4 is 0 Å². The van der Waals surface area contributed by atoms with Crippen molar-refractivity contribution in [2.75, 3.05) is 19.7 Å². The van der Waals surface area contributed by atoms with Crippen molar-refractivity contribution in [3.05, 3.63) is 0 Å². The van der Waals surface area contributed by atoms with Crippen molar-refractivity contribution in [2.45, 2.75) is 39.3 Å². The van der Waals surface area contributed by atoms with Crippen LogP contribution in [0.5, 0.6) is 0 Å². The fourth-order valence-corrected chi connectivity index (χ4v) is 1.84. The van der Waals surface area contributed by atoms with Crippen LogP contribution in [0.1, 0.15) is 27.2 Å². The average Bonchev–Trinajstić information content (AvgIpc) is 2.21. The Balaban J connectivity index is 2.46. The van der Waals surface area contributed by atoms with Crippen molar-refractivity contribution >= 4 is 5.97 Å². The smallest absolute Gasteiger partial charge is 0.323 e. The van der Waals surface area contributed by atoms with Crippen molar-refractivity contribution in [3.8, 4) is 0 Å². The fourth-order valence-electron chi connectivity index (χ4n) is 1.84. The molecule has 0 aromatic carbocycles. The van der Waals surface area contributed by atoms with Gasteiger partial charge in [-0.25, -0.2) is 0 Å². The number of aliphatic hydroxyl groups excluding tert-OH is 1. The molecule has 3 atom stereocenters. The highest BCUT2D eigenvalue weighted by Crippen LogP contribution is 2.19. The summed E-state index contributed by atoms with van der Waals surface area (Å²) in [6.07, 6.45) is 0.612. The molecule has 0 aromatic rings. The lowest BCUT2D eigenvalue weighted by Gasteiger charge is -2.36. The molecule has 0 saturated carbocycles. The number of esters is 1. The summed E-state index contributed by atoms with van der Waals surface area (Å²) in [4.78, 5) is 13.5. The molecule has 0 aromatic heterocycles. The minimum Gasteiger partial charge on any atom is -0.465 e. The van der Waals surface area contributed by atoms with Crippen LogP contribution in [0.15, 0.2) is 0 Å². The Kier molecular flexibility index (Phi) is 4.54. The molecule has 1 aliphatic rings. The number of piperidine rings is 1. The standard InChI is InChI=1S/C11H21NO3/c1-4-15-11(14)9(3)12-6-5-8(2)10(13)7-12/h8-10,13H,4-7H2,1-3H3. The van der Waals surface area contributed by atoms with E-state index in [4.69, 9.17) is 4.74 Å². The van der Waals surface area contributed by atoms with Gasteiger partial charge >= 0.3 is 5.97 Å². The van der Waals surface area contributed by atoms with Gasteiger partial charge in [-0.3, -0.25) is 9.69 Å². The van der Waals surface area contributed by atoms with Gasteiger partial charge in [0.2, 0.25) is 0 Å². The van der Waals surface area contributed by atoms with Crippen LogP contribution in [0.3, 0.4) is 0 Å². The zero-order valence-corrected chi connectivity index (χ0v) is 9.77. The van der Waals surface area contributed by atoms with Crippen LogP contribution in [0, 0.1) is 5.92 Å². The lowest BCUT2D eigenvalue weighted by atomic mass is 9.95. The molecular formula is C11H21NO3. The first kappa shape index (κ1) is 12.5. The Labute approximate surface area is 91.2 Å². The molecule has 1 heterocycles. The number of rotatable bonds is 3. The summed E-state index contributed by atoms with van der Waals surface area (Å²) in [5.74, 6) is 0.134. The quantitative estimate of drug-likeness (QED) is 0.702. The number of nitrogens with zero attached hydrogens (tertiary/aromatic N) is 1. The molecule has 88 valence electrons. The molecule has 0 spiro atoms. The van der Waals surface area contributed by atoms with E-state index in [0.717, 1.165) is 13.0 Å². The zero-order chi connectivity index (χ0) is 11.4. The van der Waals surface area contributed by atoms with Gasteiger partial charge in [-0.1, -0.05) is 6.92 Å². The third kappa shape index (κ3) is 3.18. The van der Waals surface area contributed by atoms with Crippen molar-refractivity contribution in [3.63, 3.8) is 0 Å². The minimum atomic E-state index is -0.323. The second-order valence-electron chi connectivity index (χ2n) is 4.26. The topological polar surface area (TPSA) is 49.8 Å². The number of hydrogen-bond acceptors (Lipinski definition) is 4. The predicted octanol–water partition coefficient (Wildman–Crippen LogP) is 0.641. The zero-order valence-electron chi connectivity index (χ0n) is 9.77. The molecular weight excluding hydrogens is 194 g/mol. The first-order chi connectivity index (χ1) is 7.06. The van der Waals surface area contributed by atoms with E-state index in [-0.39, 0.29) is 18.1 Å². The van der Waals surface area contributed by atoms with E-state index >= 15 is 0 Å². The van der Waals surface area contributed by atoms with Crippen molar-refractivity contribution in [1.82, 2.24) is 4.90 Å². The molecule has 3 unspecified atom stereocenters. The molecule has 1 rings (SSSR count). The van der Waals surface area contributed by atoms with Gasteiger partial charge in [0.25, 0.3) is 0 Å². The Bertz CT molecular complexity index is 220. The lowest BCUT2D eigenvalue weighted by molar-refractivity contribution is -0.150. The van der Waals surface area contributed by atoms with Crippen molar-refractivity contribution in [1.29, 1.82) is 0 Å². The molecule has 0 radical (unpaired) electrons. The van der Waals surface area contributed by atoms with Crippen LogP contribution >= 0.6 is 0 Å². The number of β-amino-alcohol motifs (C(OH)–C–C–N with tert-alkyl or cyclic N) is 1. The van der Waals surface area contributed by atoms with Crippen LogP contribution in [-0.4, -0.2) is 47.8 Å². The lowest BCUT2D eigenvalue weighted by Crippen LogP contribution is -2.49. The SMILES string of the molecule is CCOC(=O)C(C)N1CCC(C)C(O)C1. The highest BCUT2D eigenvalue weighted by atomic mass is 16.5. The molecule has 4 nitrogen and oxygen atoms in total. The van der Waals surface area contributed by atoms with Gasteiger partial charge in [0.05, 0.1) is 12.7 Å². The molecule has 1 N–H and O–H groups in total. The van der Waals surface area contributed by atoms with E-state index in [0.29, 0.717) is 19.1 Å². The fraction of sp³-hybridized carbons (Fsp3) is 0.909. The van der Waals surface area contributed by atoms with Gasteiger partial charge in [0.1, 0.15) is 6.04 Å². The van der Waals surface area contributed by atoms with E-state index in [9.17, 15) is 9.90 Å². The molecule has 1 saturated heterocycles. The third-order valence-electron chi connectivity index (χ3n) is 3.13. The number of aliphatic hydroxyl groups is 1. The molecule has 1 aliphatic heterocycles. The van der Waals surface area contributed by atoms with Gasteiger partial charge in [0, 0.05) is 6.54 Å². The van der Waals surface area contributed by atoms with Crippen LogP contribution in [0.4, 0.5) is 0 Å². The van der Waals surface area contributed by atoms with E-state index in [2.05, 4.69) is 0 Å². The maximum atomic E-state index is 11.5. The normalized spacial score (nSPS) is 29.9. The Hall–Kier alpha value is -0.610. The first-order valence-electron chi connectivity index (χ1n) is 5.65. The number of likely N-dealkylation sites (tertiary alicyclic amines) is 1. The van der Waals surface area contributed by atoms with Crippen LogP contribution in [-0.2, 0) is 9.53 Å². The highest BCUT2D eigenvalue weighted by molar-refractivity contribution is 5.75. The number of hydrogen-bond donors (Lipinski definition) is 1. The highest BCUT2D eigenvalue weighted by Gasteiger charge is 2.30. The van der Waals surface area contributed by atoms with E-state index < -0.39 is 0 Å². The largest absolute Gasteiger partial charge is 0.465 e. The van der Waals surface area contributed by atoms with Crippen molar-refractivity contribution in [2.24, 2.45) is 5.92 Å². The maximum Gasteiger partial charge on any atom is 0.323 e. The maximum absolute atomic E-state index is 11.5. The Morgan fingerprint density at radius 2 is 2.33 bits per heavy atom. The van der Waals surface area contributed by atoms with E-state index in [1.165, 1.54) is 0 Å². The Morgan fingerprint density at radius 3 is 2.87 bits per heavy atom. The van der Waals surface area contributed by atoms with Crippen molar-refractivity contribution < 1.29 is 14.6 Å². The van der Waals surface area contributed by atoms with Crippen LogP contribution in [0.2, 0.25) is 0 Å². The predicted molar refractivity (Wildman–Crippen MR) is 57.5 cm³/mol. The summed E-state index contributed by atoms with van der Waals surface area (Å²) >= 11 is 0. The van der Waals surface area contributed by atoms with Gasteiger partial charge in [-0.2, -0.15) is 0 Å². The third-order valence-corrected chi connectivity index (χ3v) is 3.13. The second kappa shape index (κ2) is 5.47. The molecule has 15 heavy (non-hydrogen) atoms. The summed E-state index contributed by atoms with van der Waals surface area (Å²) < 4.78 is 4.96. The van der Waals surface area contributed by atoms with E-state index in [1.54, 1.807) is 6.92 Å². The summed E-state index contributed by atoms with van der Waals surface area (Å²) in [5, 5.41) is 9.71. The van der Waals surface area contributed by atoms with Gasteiger partial charge < -0.3 is 9.84 Å². The van der Waals surface area contributed by atoms with E-state index in [1.807, 2.05) is 18.7 Å². The molecule has 0 bridgehead atoms. The number of carbonyl (C=O) groups excluding carboxylic acids is 1. The number of ether oxygens (including phenoxy) is 1. The molecule has 1 fully saturated rings. The monoisotopic (exact) mass is 215 g/mol. The summed E-state index contributed by atoms with van der Waals surface area (Å²) in [5.41, 5.74) is 0. The Morgan fingerprint density at radius 1 is 1.67 bits per heavy atom. The second-order valence-corrected chi connectivity index (χ2v) is 4.26. The summed E-state index contributed by atoms with van der Waals surface area (Å²) in [7, 11) is 0. The van der Waals surface area contributed by atoms with Gasteiger partial charge in [-0.15, -0.1) is 0 Å². The van der Waals surface area contributed by atoms with Gasteiger partial charge in [0.15, 0.2) is 0 Å². The number of carbonyl (C=O) groups is 1. The van der Waals surface area contributed by atoms with Gasteiger partial charge in [-0.05, 0) is 32.7 Å². The molecule has 0 amide bonds. The molecule has 4 heteroatoms. The molecule has 0 aliphatic carbocycles. The first-order valence-corrected chi connectivity index (χ1v) is 5.65. The average molecular weight is 215 g/mol.